The van der Waals surface area contributed by atoms with Gasteiger partial charge in [0.15, 0.2) is 0 Å². The number of aliphatic hydroxyl groups is 1. The summed E-state index contributed by atoms with van der Waals surface area (Å²) in [7, 11) is 0. The highest BCUT2D eigenvalue weighted by atomic mass is 19.4. The van der Waals surface area contributed by atoms with Gasteiger partial charge in [-0.05, 0) is 34.9 Å². The first-order valence-electron chi connectivity index (χ1n) is 11.0. The molecule has 0 saturated heterocycles. The maximum atomic E-state index is 14.2. The number of nitrogens with two attached hydrogens (primary N) is 1. The molecule has 4 N–H and O–H groups in total. The lowest BCUT2D eigenvalue weighted by atomic mass is 9.80. The summed E-state index contributed by atoms with van der Waals surface area (Å²) in [6, 6.07) is 13.8. The highest BCUT2D eigenvalue weighted by molar-refractivity contribution is 5.64. The van der Waals surface area contributed by atoms with Gasteiger partial charge in [0, 0.05) is 18.5 Å². The van der Waals surface area contributed by atoms with Crippen LogP contribution in [0.3, 0.4) is 0 Å². The van der Waals surface area contributed by atoms with Gasteiger partial charge in [-0.15, -0.1) is 0 Å². The van der Waals surface area contributed by atoms with Crippen molar-refractivity contribution in [3.05, 3.63) is 70.8 Å². The third-order valence-corrected chi connectivity index (χ3v) is 6.05. The van der Waals surface area contributed by atoms with E-state index in [1.54, 1.807) is 26.8 Å². The summed E-state index contributed by atoms with van der Waals surface area (Å²) >= 11 is 0. The van der Waals surface area contributed by atoms with E-state index in [9.17, 15) is 23.1 Å². The van der Waals surface area contributed by atoms with Crippen LogP contribution in [0, 0.1) is 0 Å². The van der Waals surface area contributed by atoms with Crippen LogP contribution < -0.4 is 11.1 Å². The Labute approximate surface area is 192 Å². The van der Waals surface area contributed by atoms with E-state index < -0.39 is 41.0 Å². The zero-order chi connectivity index (χ0) is 24.4. The van der Waals surface area contributed by atoms with E-state index >= 15 is 0 Å². The Morgan fingerprint density at radius 2 is 1.76 bits per heavy atom. The molecule has 180 valence electrons. The maximum Gasteiger partial charge on any atom is 0.417 e. The number of amides is 1. The van der Waals surface area contributed by atoms with Crippen molar-refractivity contribution in [2.45, 2.75) is 69.4 Å². The van der Waals surface area contributed by atoms with Gasteiger partial charge >= 0.3 is 12.3 Å². The maximum absolute atomic E-state index is 14.2. The fraction of sp³-hybridized carbons (Fsp3) is 0.480. The molecule has 5 nitrogen and oxygen atoms in total. The number of ether oxygens (including phenoxy) is 1. The van der Waals surface area contributed by atoms with Crippen LogP contribution in [0.25, 0.3) is 0 Å². The summed E-state index contributed by atoms with van der Waals surface area (Å²) in [6.45, 7) is 5.22. The fourth-order valence-corrected chi connectivity index (χ4v) is 4.23. The molecule has 0 aliphatic heterocycles. The van der Waals surface area contributed by atoms with Crippen LogP contribution in [0.4, 0.5) is 18.0 Å². The second-order valence-corrected chi connectivity index (χ2v) is 9.67. The van der Waals surface area contributed by atoms with Gasteiger partial charge in [0.1, 0.15) is 12.2 Å². The van der Waals surface area contributed by atoms with Crippen LogP contribution in [0.1, 0.15) is 55.9 Å². The summed E-state index contributed by atoms with van der Waals surface area (Å²) in [5.41, 5.74) is 4.23. The summed E-state index contributed by atoms with van der Waals surface area (Å²) in [4.78, 5) is 11.4. The number of hydrogen-bond donors (Lipinski definition) is 3. The van der Waals surface area contributed by atoms with Crippen molar-refractivity contribution in [3.8, 4) is 0 Å². The Balaban J connectivity index is 1.83. The van der Waals surface area contributed by atoms with Crippen LogP contribution in [0.2, 0.25) is 0 Å². The molecule has 2 aromatic rings. The molecular weight excluding hydrogens is 433 g/mol. The number of carbonyl (C=O) groups excluding carboxylic acids is 1. The molecule has 3 rings (SSSR count). The van der Waals surface area contributed by atoms with E-state index in [-0.39, 0.29) is 24.1 Å². The van der Waals surface area contributed by atoms with Crippen LogP contribution in [0.5, 0.6) is 0 Å². The topological polar surface area (TPSA) is 84.6 Å². The molecule has 1 saturated carbocycles. The number of primary amides is 1. The Kier molecular flexibility index (Phi) is 7.10. The fourth-order valence-electron chi connectivity index (χ4n) is 4.23. The average molecular weight is 465 g/mol. The van der Waals surface area contributed by atoms with Gasteiger partial charge in [-0.3, -0.25) is 0 Å². The zero-order valence-corrected chi connectivity index (χ0v) is 19.1. The third-order valence-electron chi connectivity index (χ3n) is 6.05. The standard InChI is InChI=1S/C25H31F3N2O3/c1-23(2,3)17-10-7-11-18(21(17)25(26,27)28)24(12-13-24)30-15-19(31)20(33-22(29)32)14-16-8-5-4-6-9-16/h4-11,19-20,30-31H,12-15H2,1-3H3,(H2,29,32)/t19-,20+/m1/s1. The predicted octanol–water partition coefficient (Wildman–Crippen LogP) is 4.65. The van der Waals surface area contributed by atoms with Gasteiger partial charge in [0.2, 0.25) is 0 Å². The van der Waals surface area contributed by atoms with Crippen molar-refractivity contribution >= 4 is 6.09 Å². The first-order valence-corrected chi connectivity index (χ1v) is 11.0. The molecule has 0 aromatic heterocycles. The van der Waals surface area contributed by atoms with E-state index in [2.05, 4.69) is 5.32 Å². The monoisotopic (exact) mass is 464 g/mol. The number of rotatable bonds is 8. The zero-order valence-electron chi connectivity index (χ0n) is 19.1. The molecule has 0 heterocycles. The molecule has 33 heavy (non-hydrogen) atoms. The lowest BCUT2D eigenvalue weighted by Crippen LogP contribution is -2.45. The second-order valence-electron chi connectivity index (χ2n) is 9.67. The SMILES string of the molecule is CC(C)(C)c1cccc(C2(NC[C@@H](O)[C@H](Cc3ccccc3)OC(N)=O)CC2)c1C(F)(F)F. The Bertz CT molecular complexity index is 967. The summed E-state index contributed by atoms with van der Waals surface area (Å²) in [5.74, 6) is 0. The number of aliphatic hydroxyl groups excluding tert-OH is 1. The van der Waals surface area contributed by atoms with E-state index in [4.69, 9.17) is 10.5 Å². The Morgan fingerprint density at radius 1 is 1.12 bits per heavy atom. The minimum Gasteiger partial charge on any atom is -0.443 e. The Hall–Kier alpha value is -2.58. The quantitative estimate of drug-likeness (QED) is 0.531. The van der Waals surface area contributed by atoms with Crippen LogP contribution >= 0.6 is 0 Å². The first-order chi connectivity index (χ1) is 15.3. The number of carbonyl (C=O) groups is 1. The smallest absolute Gasteiger partial charge is 0.417 e. The van der Waals surface area contributed by atoms with Gasteiger partial charge in [-0.25, -0.2) is 4.79 Å². The average Bonchev–Trinajstić information content (AvgIpc) is 3.51. The number of hydrogen-bond acceptors (Lipinski definition) is 4. The highest BCUT2D eigenvalue weighted by Crippen LogP contribution is 2.51. The van der Waals surface area contributed by atoms with Crippen LogP contribution in [0.15, 0.2) is 48.5 Å². The molecule has 8 heteroatoms. The van der Waals surface area contributed by atoms with E-state index in [0.717, 1.165) is 5.56 Å². The summed E-state index contributed by atoms with van der Waals surface area (Å²) in [6.07, 6.45) is -6.38. The lowest BCUT2D eigenvalue weighted by Gasteiger charge is -2.31. The van der Waals surface area contributed by atoms with Gasteiger partial charge in [0.05, 0.1) is 5.56 Å². The molecule has 0 unspecified atom stereocenters. The molecule has 2 aromatic carbocycles. The first kappa shape index (κ1) is 25.1. The van der Waals surface area contributed by atoms with Crippen LogP contribution in [-0.4, -0.2) is 30.0 Å². The van der Waals surface area contributed by atoms with Crippen molar-refractivity contribution in [1.82, 2.24) is 5.32 Å². The number of halogens is 3. The van der Waals surface area contributed by atoms with Crippen molar-refractivity contribution < 1.29 is 27.8 Å². The minimum absolute atomic E-state index is 0.0537. The van der Waals surface area contributed by atoms with Gasteiger partial charge in [-0.1, -0.05) is 69.3 Å². The third kappa shape index (κ3) is 6.06. The minimum atomic E-state index is -4.51. The van der Waals surface area contributed by atoms with Crippen molar-refractivity contribution in [2.24, 2.45) is 5.73 Å². The van der Waals surface area contributed by atoms with Crippen molar-refractivity contribution in [2.75, 3.05) is 6.54 Å². The van der Waals surface area contributed by atoms with Crippen LogP contribution in [-0.2, 0) is 28.3 Å². The highest BCUT2D eigenvalue weighted by Gasteiger charge is 2.51. The molecule has 1 amide bonds. The van der Waals surface area contributed by atoms with Gasteiger partial charge < -0.3 is 20.9 Å². The molecule has 0 radical (unpaired) electrons. The van der Waals surface area contributed by atoms with Gasteiger partial charge in [-0.2, -0.15) is 13.2 Å². The number of benzene rings is 2. The second kappa shape index (κ2) is 9.35. The molecule has 0 bridgehead atoms. The summed E-state index contributed by atoms with van der Waals surface area (Å²) in [5, 5.41) is 13.9. The Morgan fingerprint density at radius 3 is 2.27 bits per heavy atom. The molecule has 1 aliphatic rings. The van der Waals surface area contributed by atoms with E-state index in [0.29, 0.717) is 12.8 Å². The number of alkyl halides is 3. The predicted molar refractivity (Wildman–Crippen MR) is 120 cm³/mol. The largest absolute Gasteiger partial charge is 0.443 e. The summed E-state index contributed by atoms with van der Waals surface area (Å²) < 4.78 is 47.6. The van der Waals surface area contributed by atoms with E-state index in [1.807, 2.05) is 30.3 Å². The molecule has 2 atom stereocenters. The van der Waals surface area contributed by atoms with Gasteiger partial charge in [0.25, 0.3) is 0 Å². The van der Waals surface area contributed by atoms with Crippen molar-refractivity contribution in [3.63, 3.8) is 0 Å². The number of nitrogens with one attached hydrogen (secondary N) is 1. The lowest BCUT2D eigenvalue weighted by molar-refractivity contribution is -0.139. The molecular formula is C25H31F3N2O3. The molecule has 1 aliphatic carbocycles. The normalized spacial score (nSPS) is 17.3. The molecule has 0 spiro atoms. The van der Waals surface area contributed by atoms with Crippen molar-refractivity contribution in [1.29, 1.82) is 0 Å². The van der Waals surface area contributed by atoms with E-state index in [1.165, 1.54) is 12.1 Å². The molecule has 1 fully saturated rings.